The summed E-state index contributed by atoms with van der Waals surface area (Å²) < 4.78 is 0. The Bertz CT molecular complexity index is 1190. The fourth-order valence-electron chi connectivity index (χ4n) is 3.49. The van der Waals surface area contributed by atoms with Gasteiger partial charge >= 0.3 is 0 Å². The minimum absolute atomic E-state index is 0.133. The average Bonchev–Trinajstić information content (AvgIpc) is 3.17. The first-order valence-electron chi connectivity index (χ1n) is 10.6. The Morgan fingerprint density at radius 2 is 1.91 bits per heavy atom. The monoisotopic (exact) mass is 446 g/mol. The third-order valence-corrected chi connectivity index (χ3v) is 6.03. The van der Waals surface area contributed by atoms with Crippen LogP contribution in [0.2, 0.25) is 0 Å². The lowest BCUT2D eigenvalue weighted by atomic mass is 10.1. The van der Waals surface area contributed by atoms with Gasteiger partial charge in [-0.1, -0.05) is 19.1 Å². The van der Waals surface area contributed by atoms with Gasteiger partial charge in [0.15, 0.2) is 5.16 Å². The summed E-state index contributed by atoms with van der Waals surface area (Å²) in [7, 11) is 0. The van der Waals surface area contributed by atoms with E-state index in [-0.39, 0.29) is 11.9 Å². The lowest BCUT2D eigenvalue weighted by molar-refractivity contribution is 0.0954. The third-order valence-electron chi connectivity index (χ3n) is 5.16. The van der Waals surface area contributed by atoms with Gasteiger partial charge in [-0.25, -0.2) is 9.97 Å². The fourth-order valence-corrected chi connectivity index (χ4v) is 4.25. The Morgan fingerprint density at radius 1 is 1.12 bits per heavy atom. The molecular weight excluding hydrogens is 420 g/mol. The Labute approximate surface area is 191 Å². The van der Waals surface area contributed by atoms with Crippen LogP contribution in [0.25, 0.3) is 10.9 Å². The number of amidine groups is 1. The molecule has 1 atom stereocenters. The highest BCUT2D eigenvalue weighted by Crippen LogP contribution is 2.30. The average molecular weight is 447 g/mol. The smallest absolute Gasteiger partial charge is 0.251 e. The Kier molecular flexibility index (Phi) is 6.82. The number of aromatic nitrogens is 2. The number of carbonyl (C=O) groups excluding carboxylic acids is 1. The van der Waals surface area contributed by atoms with Crippen LogP contribution in [0.4, 0.5) is 5.82 Å². The normalized spacial score (nSPS) is 15.4. The van der Waals surface area contributed by atoms with Gasteiger partial charge in [-0.15, -0.1) is 0 Å². The Balaban J connectivity index is 1.58. The van der Waals surface area contributed by atoms with Gasteiger partial charge < -0.3 is 16.4 Å². The molecular formula is C24H26N6OS. The SMILES string of the molecule is CCC1N=C(Nc2nc(Sc3ccc(C(=O)NCCN)cc3)nc3ccccc23)C=C1C. The van der Waals surface area contributed by atoms with Gasteiger partial charge in [0, 0.05) is 28.9 Å². The second-order valence-electron chi connectivity index (χ2n) is 7.49. The molecule has 1 aliphatic rings. The lowest BCUT2D eigenvalue weighted by Gasteiger charge is -2.10. The van der Waals surface area contributed by atoms with Crippen molar-refractivity contribution in [2.24, 2.45) is 10.7 Å². The van der Waals surface area contributed by atoms with E-state index < -0.39 is 0 Å². The van der Waals surface area contributed by atoms with Crippen LogP contribution in [0.5, 0.6) is 0 Å². The van der Waals surface area contributed by atoms with Crippen LogP contribution in [0.3, 0.4) is 0 Å². The van der Waals surface area contributed by atoms with Crippen LogP contribution in [0.1, 0.15) is 30.6 Å². The van der Waals surface area contributed by atoms with Crippen LogP contribution in [0, 0.1) is 0 Å². The second-order valence-corrected chi connectivity index (χ2v) is 8.54. The Hall–Kier alpha value is -3.23. The maximum Gasteiger partial charge on any atom is 0.251 e. The summed E-state index contributed by atoms with van der Waals surface area (Å²) in [6, 6.07) is 15.5. The molecule has 0 aliphatic carbocycles. The largest absolute Gasteiger partial charge is 0.351 e. The zero-order valence-corrected chi connectivity index (χ0v) is 18.9. The van der Waals surface area contributed by atoms with Gasteiger partial charge in [-0.3, -0.25) is 9.79 Å². The van der Waals surface area contributed by atoms with Crippen molar-refractivity contribution in [1.82, 2.24) is 15.3 Å². The molecule has 0 saturated heterocycles. The van der Waals surface area contributed by atoms with Gasteiger partial charge in [-0.2, -0.15) is 0 Å². The molecule has 1 aromatic heterocycles. The van der Waals surface area contributed by atoms with E-state index in [0.717, 1.165) is 33.9 Å². The number of fused-ring (bicyclic) bond motifs is 1. The number of amides is 1. The summed E-state index contributed by atoms with van der Waals surface area (Å²) in [5, 5.41) is 7.73. The number of anilines is 1. The summed E-state index contributed by atoms with van der Waals surface area (Å²) in [4.78, 5) is 27.3. The number of aliphatic imine (C=N–C) groups is 1. The molecule has 0 radical (unpaired) electrons. The molecule has 4 rings (SSSR count). The minimum Gasteiger partial charge on any atom is -0.351 e. The van der Waals surface area contributed by atoms with Crippen LogP contribution >= 0.6 is 11.8 Å². The van der Waals surface area contributed by atoms with E-state index in [1.165, 1.54) is 17.3 Å². The standard InChI is InChI=1S/C24H26N6OS/c1-3-19-15(2)14-21(27-19)29-22-18-6-4-5-7-20(18)28-24(30-22)32-17-10-8-16(9-11-17)23(31)26-13-12-25/h4-11,14,19H,3,12-13,25H2,1-2H3,(H,26,31)(H,27,28,29,30). The zero-order valence-electron chi connectivity index (χ0n) is 18.1. The number of nitrogens with one attached hydrogen (secondary N) is 2. The van der Waals surface area contributed by atoms with Crippen molar-refractivity contribution in [3.05, 3.63) is 65.7 Å². The highest BCUT2D eigenvalue weighted by Gasteiger charge is 2.17. The fraction of sp³-hybridized carbons (Fsp3) is 0.250. The molecule has 32 heavy (non-hydrogen) atoms. The number of hydrogen-bond donors (Lipinski definition) is 3. The minimum atomic E-state index is -0.133. The number of para-hydroxylation sites is 1. The van der Waals surface area contributed by atoms with Crippen LogP contribution in [0.15, 0.2) is 75.2 Å². The molecule has 164 valence electrons. The third kappa shape index (κ3) is 4.98. The van der Waals surface area contributed by atoms with Crippen molar-refractivity contribution in [3.63, 3.8) is 0 Å². The number of nitrogens with zero attached hydrogens (tertiary/aromatic N) is 3. The molecule has 4 N–H and O–H groups in total. The van der Waals surface area contributed by atoms with E-state index in [9.17, 15) is 4.79 Å². The van der Waals surface area contributed by atoms with E-state index in [2.05, 4.69) is 30.6 Å². The van der Waals surface area contributed by atoms with Gasteiger partial charge in [0.25, 0.3) is 5.91 Å². The Morgan fingerprint density at radius 3 is 2.62 bits per heavy atom. The maximum absolute atomic E-state index is 12.1. The van der Waals surface area contributed by atoms with Crippen LogP contribution in [-0.2, 0) is 0 Å². The van der Waals surface area contributed by atoms with Gasteiger partial charge in [0.2, 0.25) is 0 Å². The van der Waals surface area contributed by atoms with Crippen molar-refractivity contribution in [2.75, 3.05) is 18.4 Å². The molecule has 0 bridgehead atoms. The van der Waals surface area contributed by atoms with Crippen molar-refractivity contribution in [1.29, 1.82) is 0 Å². The summed E-state index contributed by atoms with van der Waals surface area (Å²) >= 11 is 1.45. The molecule has 0 spiro atoms. The molecule has 8 heteroatoms. The van der Waals surface area contributed by atoms with E-state index in [0.29, 0.717) is 23.8 Å². The molecule has 1 amide bonds. The van der Waals surface area contributed by atoms with E-state index in [1.54, 1.807) is 12.1 Å². The maximum atomic E-state index is 12.1. The molecule has 1 aliphatic heterocycles. The van der Waals surface area contributed by atoms with Gasteiger partial charge in [0.1, 0.15) is 11.7 Å². The van der Waals surface area contributed by atoms with Gasteiger partial charge in [-0.05, 0) is 73.2 Å². The summed E-state index contributed by atoms with van der Waals surface area (Å²) in [5.41, 5.74) is 8.14. The van der Waals surface area contributed by atoms with Crippen LogP contribution in [-0.4, -0.2) is 40.8 Å². The summed E-state index contributed by atoms with van der Waals surface area (Å²) in [5.74, 6) is 1.42. The van der Waals surface area contributed by atoms with Crippen molar-refractivity contribution < 1.29 is 4.79 Å². The predicted octanol–water partition coefficient (Wildman–Crippen LogP) is 4.02. The molecule has 3 aromatic rings. The van der Waals surface area contributed by atoms with Gasteiger partial charge in [0.05, 0.1) is 11.6 Å². The molecule has 0 fully saturated rings. The number of carbonyl (C=O) groups is 1. The van der Waals surface area contributed by atoms with E-state index in [1.807, 2.05) is 36.4 Å². The first kappa shape index (κ1) is 22.0. The first-order valence-corrected chi connectivity index (χ1v) is 11.4. The molecule has 2 heterocycles. The number of benzene rings is 2. The van der Waals surface area contributed by atoms with Crippen LogP contribution < -0.4 is 16.4 Å². The van der Waals surface area contributed by atoms with Crippen molar-refractivity contribution in [3.8, 4) is 0 Å². The zero-order chi connectivity index (χ0) is 22.5. The summed E-state index contributed by atoms with van der Waals surface area (Å²) in [6.45, 7) is 5.10. The molecule has 2 aromatic carbocycles. The quantitative estimate of drug-likeness (QED) is 0.474. The highest BCUT2D eigenvalue weighted by molar-refractivity contribution is 7.99. The van der Waals surface area contributed by atoms with E-state index >= 15 is 0 Å². The van der Waals surface area contributed by atoms with E-state index in [4.69, 9.17) is 20.7 Å². The second kappa shape index (κ2) is 9.93. The highest BCUT2D eigenvalue weighted by atomic mass is 32.2. The number of hydrogen-bond acceptors (Lipinski definition) is 7. The first-order chi connectivity index (χ1) is 15.6. The number of rotatable bonds is 7. The van der Waals surface area contributed by atoms with Crippen molar-refractivity contribution >= 4 is 40.2 Å². The molecule has 0 saturated carbocycles. The molecule has 1 unspecified atom stereocenters. The lowest BCUT2D eigenvalue weighted by Crippen LogP contribution is -2.28. The topological polar surface area (TPSA) is 105 Å². The molecule has 7 nitrogen and oxygen atoms in total. The van der Waals surface area contributed by atoms with Crippen molar-refractivity contribution in [2.45, 2.75) is 36.4 Å². The summed E-state index contributed by atoms with van der Waals surface area (Å²) in [6.07, 6.45) is 3.05. The predicted molar refractivity (Wildman–Crippen MR) is 130 cm³/mol. The number of nitrogens with two attached hydrogens (primary N) is 1.